The van der Waals surface area contributed by atoms with Crippen LogP contribution in [0.4, 0.5) is 10.5 Å². The SMILES string of the molecule is COc1ccc([C@H]2NC(=O)NC(C)=C2C(=O)Nc2ccc(C)cc2)cc1O. The summed E-state index contributed by atoms with van der Waals surface area (Å²) in [5.74, 6) is -0.103. The van der Waals surface area contributed by atoms with E-state index in [9.17, 15) is 14.7 Å². The van der Waals surface area contributed by atoms with E-state index in [1.807, 2.05) is 31.2 Å². The number of aromatic hydroxyl groups is 1. The van der Waals surface area contributed by atoms with Gasteiger partial charge in [0.25, 0.3) is 5.91 Å². The van der Waals surface area contributed by atoms with Gasteiger partial charge in [0.15, 0.2) is 11.5 Å². The fourth-order valence-electron chi connectivity index (χ4n) is 2.97. The number of ether oxygens (including phenoxy) is 1. The number of methoxy groups -OCH3 is 1. The normalized spacial score (nSPS) is 16.4. The zero-order valence-electron chi connectivity index (χ0n) is 15.3. The lowest BCUT2D eigenvalue weighted by Crippen LogP contribution is -2.45. The molecule has 0 fully saturated rings. The van der Waals surface area contributed by atoms with E-state index < -0.39 is 12.1 Å². The van der Waals surface area contributed by atoms with E-state index in [0.717, 1.165) is 5.56 Å². The molecule has 7 heteroatoms. The van der Waals surface area contributed by atoms with Gasteiger partial charge in [0.2, 0.25) is 0 Å². The third-order valence-electron chi connectivity index (χ3n) is 4.36. The van der Waals surface area contributed by atoms with Gasteiger partial charge >= 0.3 is 6.03 Å². The number of carbonyl (C=O) groups excluding carboxylic acids is 2. The summed E-state index contributed by atoms with van der Waals surface area (Å²) in [5, 5.41) is 18.3. The van der Waals surface area contributed by atoms with Crippen molar-refractivity contribution in [3.05, 3.63) is 64.9 Å². The van der Waals surface area contributed by atoms with E-state index in [2.05, 4.69) is 16.0 Å². The molecule has 2 aromatic carbocycles. The van der Waals surface area contributed by atoms with Crippen molar-refractivity contribution >= 4 is 17.6 Å². The molecule has 0 saturated carbocycles. The molecule has 4 N–H and O–H groups in total. The summed E-state index contributed by atoms with van der Waals surface area (Å²) in [4.78, 5) is 24.9. The number of anilines is 1. The number of urea groups is 1. The van der Waals surface area contributed by atoms with Crippen LogP contribution in [0.3, 0.4) is 0 Å². The van der Waals surface area contributed by atoms with Gasteiger partial charge in [-0.05, 0) is 43.7 Å². The van der Waals surface area contributed by atoms with Gasteiger partial charge in [0.1, 0.15) is 0 Å². The van der Waals surface area contributed by atoms with Crippen LogP contribution in [-0.2, 0) is 4.79 Å². The van der Waals surface area contributed by atoms with Gasteiger partial charge < -0.3 is 25.8 Å². The van der Waals surface area contributed by atoms with Crippen LogP contribution in [0, 0.1) is 6.92 Å². The first-order valence-corrected chi connectivity index (χ1v) is 8.42. The molecule has 1 aliphatic rings. The van der Waals surface area contributed by atoms with Crippen LogP contribution in [0.2, 0.25) is 0 Å². The predicted molar refractivity (Wildman–Crippen MR) is 102 cm³/mol. The molecule has 1 aliphatic heterocycles. The summed E-state index contributed by atoms with van der Waals surface area (Å²) >= 11 is 0. The molecule has 0 unspecified atom stereocenters. The lowest BCUT2D eigenvalue weighted by Gasteiger charge is -2.29. The van der Waals surface area contributed by atoms with E-state index in [0.29, 0.717) is 28.3 Å². The highest BCUT2D eigenvalue weighted by molar-refractivity contribution is 6.06. The van der Waals surface area contributed by atoms with Crippen molar-refractivity contribution in [2.24, 2.45) is 0 Å². The van der Waals surface area contributed by atoms with Crippen molar-refractivity contribution in [3.63, 3.8) is 0 Å². The lowest BCUT2D eigenvalue weighted by atomic mass is 9.94. The van der Waals surface area contributed by atoms with Gasteiger partial charge in [-0.2, -0.15) is 0 Å². The average Bonchev–Trinajstić information content (AvgIpc) is 2.62. The molecular formula is C20H21N3O4. The van der Waals surface area contributed by atoms with Crippen LogP contribution in [0.15, 0.2) is 53.7 Å². The number of rotatable bonds is 4. The third-order valence-corrected chi connectivity index (χ3v) is 4.36. The Labute approximate surface area is 157 Å². The largest absolute Gasteiger partial charge is 0.504 e. The maximum absolute atomic E-state index is 12.9. The van der Waals surface area contributed by atoms with Gasteiger partial charge in [0.05, 0.1) is 18.7 Å². The van der Waals surface area contributed by atoms with E-state index in [-0.39, 0.29) is 11.7 Å². The second kappa shape index (κ2) is 7.41. The molecule has 2 aromatic rings. The standard InChI is InChI=1S/C20H21N3O4/c1-11-4-7-14(8-5-11)22-19(25)17-12(2)21-20(26)23-18(17)13-6-9-16(27-3)15(24)10-13/h4-10,18,24H,1-3H3,(H,22,25)(H2,21,23,26)/t18-/m1/s1. The van der Waals surface area contributed by atoms with Crippen molar-refractivity contribution in [1.82, 2.24) is 10.6 Å². The zero-order valence-corrected chi connectivity index (χ0v) is 15.3. The number of benzene rings is 2. The summed E-state index contributed by atoms with van der Waals surface area (Å²) in [6.45, 7) is 3.63. The van der Waals surface area contributed by atoms with E-state index >= 15 is 0 Å². The molecule has 0 radical (unpaired) electrons. The number of carbonyl (C=O) groups is 2. The molecule has 7 nitrogen and oxygen atoms in total. The molecule has 0 bridgehead atoms. The van der Waals surface area contributed by atoms with E-state index in [1.54, 1.807) is 19.1 Å². The Hall–Kier alpha value is -3.48. The Morgan fingerprint density at radius 3 is 2.48 bits per heavy atom. The quantitative estimate of drug-likeness (QED) is 0.667. The molecule has 0 saturated heterocycles. The summed E-state index contributed by atoms with van der Waals surface area (Å²) in [7, 11) is 1.45. The number of aryl methyl sites for hydroxylation is 1. The first-order chi connectivity index (χ1) is 12.9. The lowest BCUT2D eigenvalue weighted by molar-refractivity contribution is -0.113. The fraction of sp³-hybridized carbons (Fsp3) is 0.200. The average molecular weight is 367 g/mol. The van der Waals surface area contributed by atoms with Crippen LogP contribution in [0.1, 0.15) is 24.1 Å². The molecule has 27 heavy (non-hydrogen) atoms. The highest BCUT2D eigenvalue weighted by atomic mass is 16.5. The van der Waals surface area contributed by atoms with Gasteiger partial charge in [-0.15, -0.1) is 0 Å². The highest BCUT2D eigenvalue weighted by Crippen LogP contribution is 2.33. The Bertz CT molecular complexity index is 919. The second-order valence-corrected chi connectivity index (χ2v) is 6.32. The summed E-state index contributed by atoms with van der Waals surface area (Å²) < 4.78 is 5.05. The number of phenols is 1. The van der Waals surface area contributed by atoms with Crippen LogP contribution < -0.4 is 20.7 Å². The minimum atomic E-state index is -0.707. The maximum atomic E-state index is 12.9. The van der Waals surface area contributed by atoms with Crippen LogP contribution in [0.25, 0.3) is 0 Å². The van der Waals surface area contributed by atoms with Gasteiger partial charge in [0, 0.05) is 11.4 Å². The number of allylic oxidation sites excluding steroid dienone is 1. The molecule has 140 valence electrons. The minimum Gasteiger partial charge on any atom is -0.504 e. The fourth-order valence-corrected chi connectivity index (χ4v) is 2.97. The number of hydrogen-bond acceptors (Lipinski definition) is 4. The molecule has 3 amide bonds. The van der Waals surface area contributed by atoms with E-state index in [4.69, 9.17) is 4.74 Å². The Morgan fingerprint density at radius 1 is 1.15 bits per heavy atom. The monoisotopic (exact) mass is 367 g/mol. The summed E-state index contributed by atoms with van der Waals surface area (Å²) in [5.41, 5.74) is 3.11. The predicted octanol–water partition coefficient (Wildman–Crippen LogP) is 2.98. The molecule has 3 rings (SSSR count). The molecule has 0 aliphatic carbocycles. The van der Waals surface area contributed by atoms with E-state index in [1.165, 1.54) is 13.2 Å². The molecule has 1 atom stereocenters. The van der Waals surface area contributed by atoms with Crippen molar-refractivity contribution < 1.29 is 19.4 Å². The van der Waals surface area contributed by atoms with Gasteiger partial charge in [-0.25, -0.2) is 4.79 Å². The first-order valence-electron chi connectivity index (χ1n) is 8.42. The molecular weight excluding hydrogens is 346 g/mol. The Balaban J connectivity index is 1.95. The van der Waals surface area contributed by atoms with Gasteiger partial charge in [-0.1, -0.05) is 23.8 Å². The topological polar surface area (TPSA) is 99.7 Å². The molecule has 0 spiro atoms. The first kappa shape index (κ1) is 18.3. The number of hydrogen-bond donors (Lipinski definition) is 4. The van der Waals surface area contributed by atoms with Crippen molar-refractivity contribution in [1.29, 1.82) is 0 Å². The number of amides is 3. The summed E-state index contributed by atoms with van der Waals surface area (Å²) in [6, 6.07) is 11.1. The number of nitrogens with one attached hydrogen (secondary N) is 3. The Kier molecular flexibility index (Phi) is 5.03. The second-order valence-electron chi connectivity index (χ2n) is 6.32. The van der Waals surface area contributed by atoms with Gasteiger partial charge in [-0.3, -0.25) is 4.79 Å². The maximum Gasteiger partial charge on any atom is 0.319 e. The van der Waals surface area contributed by atoms with Crippen LogP contribution in [-0.4, -0.2) is 24.2 Å². The highest BCUT2D eigenvalue weighted by Gasteiger charge is 2.31. The minimum absolute atomic E-state index is 0.0706. The van der Waals surface area contributed by atoms with Crippen molar-refractivity contribution in [2.75, 3.05) is 12.4 Å². The zero-order chi connectivity index (χ0) is 19.6. The van der Waals surface area contributed by atoms with Crippen molar-refractivity contribution in [3.8, 4) is 11.5 Å². The molecule has 0 aromatic heterocycles. The smallest absolute Gasteiger partial charge is 0.319 e. The Morgan fingerprint density at radius 2 is 1.85 bits per heavy atom. The van der Waals surface area contributed by atoms with Crippen molar-refractivity contribution in [2.45, 2.75) is 19.9 Å². The molecule has 1 heterocycles. The third kappa shape index (κ3) is 3.87. The summed E-state index contributed by atoms with van der Waals surface area (Å²) in [6.07, 6.45) is 0. The van der Waals surface area contributed by atoms with Crippen LogP contribution in [0.5, 0.6) is 11.5 Å². The van der Waals surface area contributed by atoms with Crippen LogP contribution >= 0.6 is 0 Å². The number of phenolic OH excluding ortho intramolecular Hbond substituents is 1.